The third-order valence-electron chi connectivity index (χ3n) is 3.90. The van der Waals surface area contributed by atoms with Crippen molar-refractivity contribution in [3.8, 4) is 5.75 Å². The summed E-state index contributed by atoms with van der Waals surface area (Å²) in [6, 6.07) is 7.70. The number of ether oxygens (including phenoxy) is 1. The third kappa shape index (κ3) is 3.12. The quantitative estimate of drug-likeness (QED) is 0.767. The lowest BCUT2D eigenvalue weighted by atomic mass is 9.94. The van der Waals surface area contributed by atoms with E-state index >= 15 is 0 Å². The van der Waals surface area contributed by atoms with E-state index in [2.05, 4.69) is 5.32 Å². The van der Waals surface area contributed by atoms with E-state index in [4.69, 9.17) is 4.74 Å². The number of hydrogen-bond donors (Lipinski definition) is 2. The topological polar surface area (TPSA) is 58.6 Å². The summed E-state index contributed by atoms with van der Waals surface area (Å²) < 4.78 is 5.82. The first kappa shape index (κ1) is 14.9. The molecule has 0 aromatic heterocycles. The molecule has 1 aromatic rings. The molecule has 20 heavy (non-hydrogen) atoms. The Labute approximate surface area is 120 Å². The SMILES string of the molecule is CCCNC(COc1ccccc1C)(C(=O)O)C1CC1. The van der Waals surface area contributed by atoms with Crippen LogP contribution in [0.1, 0.15) is 31.7 Å². The van der Waals surface area contributed by atoms with Gasteiger partial charge in [0.25, 0.3) is 0 Å². The van der Waals surface area contributed by atoms with Gasteiger partial charge in [0.15, 0.2) is 5.54 Å². The highest BCUT2D eigenvalue weighted by atomic mass is 16.5. The van der Waals surface area contributed by atoms with Gasteiger partial charge in [-0.25, -0.2) is 0 Å². The van der Waals surface area contributed by atoms with E-state index < -0.39 is 11.5 Å². The molecule has 2 N–H and O–H groups in total. The number of nitrogens with one attached hydrogen (secondary N) is 1. The van der Waals surface area contributed by atoms with Crippen LogP contribution in [0.4, 0.5) is 0 Å². The maximum atomic E-state index is 11.8. The molecular weight excluding hydrogens is 254 g/mol. The Morgan fingerprint density at radius 1 is 1.45 bits per heavy atom. The minimum Gasteiger partial charge on any atom is -0.491 e. The Hall–Kier alpha value is -1.55. The van der Waals surface area contributed by atoms with Gasteiger partial charge in [0.05, 0.1) is 0 Å². The van der Waals surface area contributed by atoms with Crippen LogP contribution in [0.3, 0.4) is 0 Å². The molecule has 0 heterocycles. The van der Waals surface area contributed by atoms with Gasteiger partial charge in [0.1, 0.15) is 12.4 Å². The zero-order valence-corrected chi connectivity index (χ0v) is 12.2. The van der Waals surface area contributed by atoms with Crippen molar-refractivity contribution in [3.63, 3.8) is 0 Å². The average molecular weight is 277 g/mol. The van der Waals surface area contributed by atoms with Gasteiger partial charge >= 0.3 is 5.97 Å². The standard InChI is InChI=1S/C16H23NO3/c1-3-10-17-16(15(18)19,13-8-9-13)11-20-14-7-5-4-6-12(14)2/h4-7,13,17H,3,8-11H2,1-2H3,(H,18,19). The number of carboxylic acid groups (broad SMARTS) is 1. The number of hydrogen-bond acceptors (Lipinski definition) is 3. The predicted octanol–water partition coefficient (Wildman–Crippen LogP) is 2.61. The monoisotopic (exact) mass is 277 g/mol. The number of rotatable bonds is 8. The highest BCUT2D eigenvalue weighted by Crippen LogP contribution is 2.40. The molecule has 0 bridgehead atoms. The largest absolute Gasteiger partial charge is 0.491 e. The third-order valence-corrected chi connectivity index (χ3v) is 3.90. The number of carbonyl (C=O) groups is 1. The van der Waals surface area contributed by atoms with Crippen molar-refractivity contribution in [2.45, 2.75) is 38.6 Å². The van der Waals surface area contributed by atoms with E-state index in [1.807, 2.05) is 38.1 Å². The van der Waals surface area contributed by atoms with E-state index in [0.717, 1.165) is 30.6 Å². The first-order valence-corrected chi connectivity index (χ1v) is 7.27. The number of carboxylic acids is 1. The summed E-state index contributed by atoms with van der Waals surface area (Å²) in [7, 11) is 0. The van der Waals surface area contributed by atoms with Crippen LogP contribution < -0.4 is 10.1 Å². The van der Waals surface area contributed by atoms with Crippen molar-refractivity contribution in [1.82, 2.24) is 5.32 Å². The fourth-order valence-electron chi connectivity index (χ4n) is 2.46. The van der Waals surface area contributed by atoms with Gasteiger partial charge in [0.2, 0.25) is 0 Å². The van der Waals surface area contributed by atoms with E-state index in [-0.39, 0.29) is 12.5 Å². The Bertz CT molecular complexity index is 471. The number of aryl methyl sites for hydroxylation is 1. The van der Waals surface area contributed by atoms with Crippen molar-refractivity contribution in [2.24, 2.45) is 5.92 Å². The maximum absolute atomic E-state index is 11.8. The molecule has 110 valence electrons. The summed E-state index contributed by atoms with van der Waals surface area (Å²) in [4.78, 5) is 11.8. The lowest BCUT2D eigenvalue weighted by Gasteiger charge is -2.31. The number of para-hydroxylation sites is 1. The van der Waals surface area contributed by atoms with Crippen LogP contribution in [0.15, 0.2) is 24.3 Å². The van der Waals surface area contributed by atoms with E-state index in [1.165, 1.54) is 0 Å². The van der Waals surface area contributed by atoms with Crippen molar-refractivity contribution in [2.75, 3.05) is 13.2 Å². The summed E-state index contributed by atoms with van der Waals surface area (Å²) in [5, 5.41) is 12.9. The van der Waals surface area contributed by atoms with Crippen LogP contribution in [0, 0.1) is 12.8 Å². The highest BCUT2D eigenvalue weighted by Gasteiger charge is 2.51. The van der Waals surface area contributed by atoms with Crippen LogP contribution in [-0.4, -0.2) is 29.8 Å². The minimum atomic E-state index is -0.946. The zero-order chi connectivity index (χ0) is 14.6. The predicted molar refractivity (Wildman–Crippen MR) is 78.1 cm³/mol. The molecule has 1 aliphatic rings. The van der Waals surface area contributed by atoms with Gasteiger partial charge in [-0.05, 0) is 50.3 Å². The van der Waals surface area contributed by atoms with Gasteiger partial charge in [0, 0.05) is 0 Å². The molecule has 0 amide bonds. The fraction of sp³-hybridized carbons (Fsp3) is 0.562. The van der Waals surface area contributed by atoms with E-state index in [9.17, 15) is 9.90 Å². The molecule has 1 atom stereocenters. The molecule has 1 saturated carbocycles. The number of benzene rings is 1. The second kappa shape index (κ2) is 6.27. The van der Waals surface area contributed by atoms with Crippen LogP contribution >= 0.6 is 0 Å². The lowest BCUT2D eigenvalue weighted by Crippen LogP contribution is -2.58. The molecule has 0 radical (unpaired) electrons. The van der Waals surface area contributed by atoms with Crippen LogP contribution in [0.2, 0.25) is 0 Å². The Kier molecular flexibility index (Phi) is 4.65. The summed E-state index contributed by atoms with van der Waals surface area (Å²) in [6.45, 7) is 4.88. The molecule has 0 aliphatic heterocycles. The smallest absolute Gasteiger partial charge is 0.327 e. The number of aliphatic carboxylic acids is 1. The van der Waals surface area contributed by atoms with Crippen molar-refractivity contribution in [3.05, 3.63) is 29.8 Å². The minimum absolute atomic E-state index is 0.176. The second-order valence-corrected chi connectivity index (χ2v) is 5.53. The summed E-state index contributed by atoms with van der Waals surface area (Å²) in [5.41, 5.74) is 0.0799. The van der Waals surface area contributed by atoms with Crippen molar-refractivity contribution >= 4 is 5.97 Å². The fourth-order valence-corrected chi connectivity index (χ4v) is 2.46. The Balaban J connectivity index is 2.11. The Morgan fingerprint density at radius 3 is 2.70 bits per heavy atom. The maximum Gasteiger partial charge on any atom is 0.327 e. The van der Waals surface area contributed by atoms with Gasteiger partial charge in [-0.3, -0.25) is 10.1 Å². The van der Waals surface area contributed by atoms with Gasteiger partial charge in [-0.2, -0.15) is 0 Å². The normalized spacial score (nSPS) is 17.5. The van der Waals surface area contributed by atoms with Crippen molar-refractivity contribution < 1.29 is 14.6 Å². The van der Waals surface area contributed by atoms with Gasteiger partial charge < -0.3 is 9.84 Å². The first-order valence-electron chi connectivity index (χ1n) is 7.27. The van der Waals surface area contributed by atoms with Crippen LogP contribution in [-0.2, 0) is 4.79 Å². The van der Waals surface area contributed by atoms with E-state index in [1.54, 1.807) is 0 Å². The summed E-state index contributed by atoms with van der Waals surface area (Å²) >= 11 is 0. The molecule has 1 unspecified atom stereocenters. The van der Waals surface area contributed by atoms with Crippen LogP contribution in [0.5, 0.6) is 5.75 Å². The first-order chi connectivity index (χ1) is 9.60. The molecule has 0 spiro atoms. The molecule has 1 aliphatic carbocycles. The molecule has 4 heteroatoms. The Morgan fingerprint density at radius 2 is 2.15 bits per heavy atom. The van der Waals surface area contributed by atoms with Crippen molar-refractivity contribution in [1.29, 1.82) is 0 Å². The molecular formula is C16H23NO3. The second-order valence-electron chi connectivity index (χ2n) is 5.53. The molecule has 2 rings (SSSR count). The van der Waals surface area contributed by atoms with Gasteiger partial charge in [-0.15, -0.1) is 0 Å². The molecule has 1 aromatic carbocycles. The summed E-state index contributed by atoms with van der Waals surface area (Å²) in [6.07, 6.45) is 2.83. The van der Waals surface area contributed by atoms with E-state index in [0.29, 0.717) is 6.54 Å². The average Bonchev–Trinajstić information content (AvgIpc) is 3.25. The summed E-state index contributed by atoms with van der Waals surface area (Å²) in [5.74, 6) is 0.134. The molecule has 0 saturated heterocycles. The molecule has 4 nitrogen and oxygen atoms in total. The zero-order valence-electron chi connectivity index (χ0n) is 12.2. The van der Waals surface area contributed by atoms with Gasteiger partial charge in [-0.1, -0.05) is 25.1 Å². The lowest BCUT2D eigenvalue weighted by molar-refractivity contribution is -0.147. The highest BCUT2D eigenvalue weighted by molar-refractivity contribution is 5.80. The van der Waals surface area contributed by atoms with Crippen LogP contribution in [0.25, 0.3) is 0 Å². The molecule has 1 fully saturated rings.